The van der Waals surface area contributed by atoms with Gasteiger partial charge in [0.1, 0.15) is 0 Å². The molecule has 2 atom stereocenters. The van der Waals surface area contributed by atoms with Crippen molar-refractivity contribution >= 4 is 0 Å². The summed E-state index contributed by atoms with van der Waals surface area (Å²) in [5.74, 6) is 1.72. The van der Waals surface area contributed by atoms with Crippen molar-refractivity contribution in [2.45, 2.75) is 40.0 Å². The maximum absolute atomic E-state index is 2.38. The van der Waals surface area contributed by atoms with E-state index in [1.807, 2.05) is 0 Å². The van der Waals surface area contributed by atoms with E-state index in [0.717, 1.165) is 11.8 Å². The molecule has 0 saturated heterocycles. The van der Waals surface area contributed by atoms with Gasteiger partial charge < -0.3 is 4.90 Å². The van der Waals surface area contributed by atoms with Gasteiger partial charge in [-0.2, -0.15) is 0 Å². The number of rotatable bonds is 6. The molecule has 0 bridgehead atoms. The first-order chi connectivity index (χ1) is 5.57. The van der Waals surface area contributed by atoms with Crippen LogP contribution in [0.2, 0.25) is 0 Å². The Bertz CT molecular complexity index is 99.2. The minimum absolute atomic E-state index is 0.839. The van der Waals surface area contributed by atoms with Gasteiger partial charge in [-0.15, -0.1) is 0 Å². The standard InChI is InChI=1S/C11H25N/c1-6-7-8-10(2)11(3)9-12(4)5/h10-11H,6-9H2,1-5H3. The fraction of sp³-hybridized carbons (Fsp3) is 1.00. The molecule has 1 nitrogen and oxygen atoms in total. The Labute approximate surface area is 78.1 Å². The molecule has 0 aliphatic carbocycles. The zero-order chi connectivity index (χ0) is 9.56. The maximum Gasteiger partial charge on any atom is 0.000346 e. The molecule has 0 aliphatic rings. The van der Waals surface area contributed by atoms with Gasteiger partial charge in [0.2, 0.25) is 0 Å². The molecule has 0 spiro atoms. The molecule has 1 heteroatoms. The minimum atomic E-state index is 0.839. The van der Waals surface area contributed by atoms with Gasteiger partial charge in [-0.05, 0) is 25.9 Å². The average Bonchev–Trinajstić information content (AvgIpc) is 1.98. The smallest absolute Gasteiger partial charge is 0.000346 e. The van der Waals surface area contributed by atoms with Gasteiger partial charge in [0.15, 0.2) is 0 Å². The second-order valence-electron chi connectivity index (χ2n) is 4.36. The molecule has 0 N–H and O–H groups in total. The Balaban J connectivity index is 3.53. The third-order valence-electron chi connectivity index (χ3n) is 2.64. The normalized spacial score (nSPS) is 16.5. The van der Waals surface area contributed by atoms with Crippen molar-refractivity contribution < 1.29 is 0 Å². The Kier molecular flexibility index (Phi) is 6.45. The topological polar surface area (TPSA) is 3.24 Å². The van der Waals surface area contributed by atoms with E-state index >= 15 is 0 Å². The van der Waals surface area contributed by atoms with E-state index in [4.69, 9.17) is 0 Å². The fourth-order valence-corrected chi connectivity index (χ4v) is 1.57. The lowest BCUT2D eigenvalue weighted by Gasteiger charge is -2.23. The lowest BCUT2D eigenvalue weighted by atomic mass is 9.91. The van der Waals surface area contributed by atoms with Crippen LogP contribution >= 0.6 is 0 Å². The quantitative estimate of drug-likeness (QED) is 0.594. The largest absolute Gasteiger partial charge is 0.309 e. The average molecular weight is 171 g/mol. The molecule has 0 saturated carbocycles. The third-order valence-corrected chi connectivity index (χ3v) is 2.64. The van der Waals surface area contributed by atoms with E-state index in [9.17, 15) is 0 Å². The minimum Gasteiger partial charge on any atom is -0.309 e. The zero-order valence-electron chi connectivity index (χ0n) is 9.43. The van der Waals surface area contributed by atoms with Crippen molar-refractivity contribution in [3.05, 3.63) is 0 Å². The summed E-state index contributed by atoms with van der Waals surface area (Å²) in [6, 6.07) is 0. The van der Waals surface area contributed by atoms with Crippen LogP contribution in [0, 0.1) is 11.8 Å². The van der Waals surface area contributed by atoms with E-state index < -0.39 is 0 Å². The van der Waals surface area contributed by atoms with Crippen LogP contribution in [0.4, 0.5) is 0 Å². The lowest BCUT2D eigenvalue weighted by Crippen LogP contribution is -2.24. The summed E-state index contributed by atoms with van der Waals surface area (Å²) in [4.78, 5) is 2.28. The number of nitrogens with zero attached hydrogens (tertiary/aromatic N) is 1. The van der Waals surface area contributed by atoms with Crippen LogP contribution in [0.1, 0.15) is 40.0 Å². The van der Waals surface area contributed by atoms with E-state index in [2.05, 4.69) is 39.8 Å². The highest BCUT2D eigenvalue weighted by Gasteiger charge is 2.11. The Morgan fingerprint density at radius 3 is 2.08 bits per heavy atom. The van der Waals surface area contributed by atoms with Gasteiger partial charge in [-0.3, -0.25) is 0 Å². The molecule has 0 aromatic heterocycles. The van der Waals surface area contributed by atoms with Gasteiger partial charge in [-0.1, -0.05) is 40.0 Å². The van der Waals surface area contributed by atoms with Crippen LogP contribution in [-0.4, -0.2) is 25.5 Å². The Morgan fingerprint density at radius 2 is 1.67 bits per heavy atom. The van der Waals surface area contributed by atoms with Gasteiger partial charge >= 0.3 is 0 Å². The van der Waals surface area contributed by atoms with Crippen LogP contribution in [0.5, 0.6) is 0 Å². The number of unbranched alkanes of at least 4 members (excludes halogenated alkanes) is 1. The first-order valence-electron chi connectivity index (χ1n) is 5.22. The van der Waals surface area contributed by atoms with Gasteiger partial charge in [0, 0.05) is 6.54 Å². The Hall–Kier alpha value is -0.0400. The van der Waals surface area contributed by atoms with Crippen LogP contribution < -0.4 is 0 Å². The number of hydrogen-bond donors (Lipinski definition) is 0. The van der Waals surface area contributed by atoms with Crippen molar-refractivity contribution in [2.24, 2.45) is 11.8 Å². The molecule has 74 valence electrons. The molecule has 0 heterocycles. The Morgan fingerprint density at radius 1 is 1.08 bits per heavy atom. The maximum atomic E-state index is 2.38. The van der Waals surface area contributed by atoms with Crippen molar-refractivity contribution in [3.63, 3.8) is 0 Å². The van der Waals surface area contributed by atoms with Crippen molar-refractivity contribution in [2.75, 3.05) is 20.6 Å². The van der Waals surface area contributed by atoms with E-state index in [0.29, 0.717) is 0 Å². The van der Waals surface area contributed by atoms with E-state index in [-0.39, 0.29) is 0 Å². The number of hydrogen-bond acceptors (Lipinski definition) is 1. The van der Waals surface area contributed by atoms with Crippen LogP contribution in [0.15, 0.2) is 0 Å². The van der Waals surface area contributed by atoms with Crippen LogP contribution in [0.25, 0.3) is 0 Å². The molecule has 0 radical (unpaired) electrons. The molecule has 2 unspecified atom stereocenters. The summed E-state index contributed by atoms with van der Waals surface area (Å²) in [7, 11) is 4.31. The summed E-state index contributed by atoms with van der Waals surface area (Å²) < 4.78 is 0. The highest BCUT2D eigenvalue weighted by atomic mass is 15.1. The van der Waals surface area contributed by atoms with Crippen molar-refractivity contribution in [1.29, 1.82) is 0 Å². The lowest BCUT2D eigenvalue weighted by molar-refractivity contribution is 0.262. The SMILES string of the molecule is CCCCC(C)C(C)CN(C)C. The van der Waals surface area contributed by atoms with Gasteiger partial charge in [0.05, 0.1) is 0 Å². The zero-order valence-corrected chi connectivity index (χ0v) is 9.43. The summed E-state index contributed by atoms with van der Waals surface area (Å²) in [6.07, 6.45) is 4.11. The summed E-state index contributed by atoms with van der Waals surface area (Å²) in [6.45, 7) is 8.23. The molecule has 0 aromatic carbocycles. The highest BCUT2D eigenvalue weighted by Crippen LogP contribution is 2.17. The van der Waals surface area contributed by atoms with E-state index in [1.165, 1.54) is 25.8 Å². The molecule has 0 amide bonds. The summed E-state index contributed by atoms with van der Waals surface area (Å²) >= 11 is 0. The van der Waals surface area contributed by atoms with E-state index in [1.54, 1.807) is 0 Å². The van der Waals surface area contributed by atoms with Crippen LogP contribution in [0.3, 0.4) is 0 Å². The highest BCUT2D eigenvalue weighted by molar-refractivity contribution is 4.64. The summed E-state index contributed by atoms with van der Waals surface area (Å²) in [5, 5.41) is 0. The molecular weight excluding hydrogens is 146 g/mol. The third kappa shape index (κ3) is 5.59. The molecule has 0 aliphatic heterocycles. The molecule has 0 rings (SSSR count). The predicted molar refractivity (Wildman–Crippen MR) is 56.4 cm³/mol. The molecule has 12 heavy (non-hydrogen) atoms. The van der Waals surface area contributed by atoms with Gasteiger partial charge in [0.25, 0.3) is 0 Å². The van der Waals surface area contributed by atoms with Crippen molar-refractivity contribution in [1.82, 2.24) is 4.90 Å². The second kappa shape index (κ2) is 6.47. The van der Waals surface area contributed by atoms with Crippen LogP contribution in [-0.2, 0) is 0 Å². The summed E-state index contributed by atoms with van der Waals surface area (Å²) in [5.41, 5.74) is 0. The van der Waals surface area contributed by atoms with Crippen molar-refractivity contribution in [3.8, 4) is 0 Å². The van der Waals surface area contributed by atoms with Gasteiger partial charge in [-0.25, -0.2) is 0 Å². The molecular formula is C11H25N. The fourth-order valence-electron chi connectivity index (χ4n) is 1.57. The first kappa shape index (κ1) is 12.0. The molecule has 0 fully saturated rings. The monoisotopic (exact) mass is 171 g/mol. The second-order valence-corrected chi connectivity index (χ2v) is 4.36. The predicted octanol–water partition coefficient (Wildman–Crippen LogP) is 3.01. The molecule has 0 aromatic rings. The first-order valence-corrected chi connectivity index (χ1v) is 5.22.